The molecule has 1 fully saturated rings. The van der Waals surface area contributed by atoms with Crippen molar-refractivity contribution < 1.29 is 13.2 Å². The molecule has 0 amide bonds. The van der Waals surface area contributed by atoms with Crippen LogP contribution in [0.25, 0.3) is 0 Å². The molecule has 0 unspecified atom stereocenters. The Kier molecular flexibility index (Phi) is 4.14. The number of benzene rings is 1. The van der Waals surface area contributed by atoms with Crippen LogP contribution >= 0.6 is 11.6 Å². The second kappa shape index (κ2) is 5.47. The van der Waals surface area contributed by atoms with E-state index in [2.05, 4.69) is 0 Å². The van der Waals surface area contributed by atoms with Gasteiger partial charge in [0.2, 0.25) is 0 Å². The van der Waals surface area contributed by atoms with Gasteiger partial charge in [-0.25, -0.2) is 8.42 Å². The molecule has 0 saturated carbocycles. The Balaban J connectivity index is 2.18. The zero-order valence-electron chi connectivity index (χ0n) is 9.93. The van der Waals surface area contributed by atoms with Crippen LogP contribution in [0, 0.1) is 0 Å². The Labute approximate surface area is 112 Å². The van der Waals surface area contributed by atoms with Crippen molar-refractivity contribution in [3.05, 3.63) is 28.8 Å². The van der Waals surface area contributed by atoms with E-state index in [0.717, 1.165) is 0 Å². The van der Waals surface area contributed by atoms with E-state index in [1.54, 1.807) is 18.2 Å². The van der Waals surface area contributed by atoms with Crippen molar-refractivity contribution >= 4 is 27.1 Å². The van der Waals surface area contributed by atoms with Crippen molar-refractivity contribution in [3.63, 3.8) is 0 Å². The third-order valence-corrected chi connectivity index (χ3v) is 5.67. The second-order valence-electron chi connectivity index (χ2n) is 4.47. The van der Waals surface area contributed by atoms with Crippen LogP contribution in [0.3, 0.4) is 0 Å². The number of sulfone groups is 1. The maximum atomic E-state index is 12.3. The molecule has 0 radical (unpaired) electrons. The summed E-state index contributed by atoms with van der Waals surface area (Å²) in [6, 6.07) is 4.91. The molecule has 2 N–H and O–H groups in total. The van der Waals surface area contributed by atoms with E-state index in [9.17, 15) is 8.42 Å². The van der Waals surface area contributed by atoms with Crippen molar-refractivity contribution in [1.29, 1.82) is 0 Å². The first-order valence-corrected chi connectivity index (χ1v) is 7.91. The van der Waals surface area contributed by atoms with Crippen LogP contribution in [-0.4, -0.2) is 26.9 Å². The highest BCUT2D eigenvalue weighted by molar-refractivity contribution is 7.91. The van der Waals surface area contributed by atoms with Crippen LogP contribution in [0.1, 0.15) is 18.4 Å². The molecule has 2 rings (SSSR count). The molecule has 0 atom stereocenters. The predicted molar refractivity (Wildman–Crippen MR) is 72.3 cm³/mol. The van der Waals surface area contributed by atoms with Crippen LogP contribution < -0.4 is 5.73 Å². The van der Waals surface area contributed by atoms with Crippen LogP contribution in [0.4, 0.5) is 5.69 Å². The molecule has 0 aliphatic carbocycles. The van der Waals surface area contributed by atoms with Crippen molar-refractivity contribution in [1.82, 2.24) is 0 Å². The summed E-state index contributed by atoms with van der Waals surface area (Å²) in [6.07, 6.45) is 1.12. The number of hydrogen-bond donors (Lipinski definition) is 1. The molecule has 4 nitrogen and oxygen atoms in total. The van der Waals surface area contributed by atoms with Crippen molar-refractivity contribution in [3.8, 4) is 0 Å². The number of nitrogen functional groups attached to an aromatic ring is 1. The molecule has 18 heavy (non-hydrogen) atoms. The lowest BCUT2D eigenvalue weighted by Crippen LogP contribution is -2.29. The molecule has 0 spiro atoms. The molecule has 1 aromatic rings. The summed E-state index contributed by atoms with van der Waals surface area (Å²) < 4.78 is 29.7. The first kappa shape index (κ1) is 13.6. The highest BCUT2D eigenvalue weighted by Crippen LogP contribution is 2.25. The van der Waals surface area contributed by atoms with Crippen LogP contribution in [0.15, 0.2) is 18.2 Å². The van der Waals surface area contributed by atoms with Crippen molar-refractivity contribution in [2.45, 2.75) is 23.8 Å². The first-order valence-electron chi connectivity index (χ1n) is 5.82. The standard InChI is InChI=1S/C12H16ClNO3S/c13-12-2-1-10(14)7-9(12)8-18(15,16)11-3-5-17-6-4-11/h1-2,7,11H,3-6,8,14H2. The third-order valence-electron chi connectivity index (χ3n) is 3.10. The van der Waals surface area contributed by atoms with E-state index in [4.69, 9.17) is 22.1 Å². The van der Waals surface area contributed by atoms with Gasteiger partial charge in [0, 0.05) is 23.9 Å². The fourth-order valence-corrected chi connectivity index (χ4v) is 4.16. The van der Waals surface area contributed by atoms with Crippen LogP contribution in [0.2, 0.25) is 5.02 Å². The quantitative estimate of drug-likeness (QED) is 0.864. The van der Waals surface area contributed by atoms with Gasteiger partial charge in [0.1, 0.15) is 0 Å². The summed E-state index contributed by atoms with van der Waals surface area (Å²) in [5, 5.41) is 0.114. The fourth-order valence-electron chi connectivity index (χ4n) is 2.07. The average Bonchev–Trinajstić information content (AvgIpc) is 2.35. The summed E-state index contributed by atoms with van der Waals surface area (Å²) in [5.74, 6) is -0.0540. The summed E-state index contributed by atoms with van der Waals surface area (Å²) in [5.41, 5.74) is 6.75. The Hall–Kier alpha value is -0.780. The summed E-state index contributed by atoms with van der Waals surface area (Å²) in [4.78, 5) is 0. The fraction of sp³-hybridized carbons (Fsp3) is 0.500. The lowest BCUT2D eigenvalue weighted by molar-refractivity contribution is 0.0983. The minimum atomic E-state index is -3.20. The molecule has 1 aliphatic heterocycles. The van der Waals surface area contributed by atoms with E-state index in [1.807, 2.05) is 0 Å². The van der Waals surface area contributed by atoms with Gasteiger partial charge in [-0.3, -0.25) is 0 Å². The topological polar surface area (TPSA) is 69.4 Å². The molecule has 6 heteroatoms. The van der Waals surface area contributed by atoms with Crippen molar-refractivity contribution in [2.75, 3.05) is 18.9 Å². The van der Waals surface area contributed by atoms with E-state index in [1.165, 1.54) is 0 Å². The van der Waals surface area contributed by atoms with Crippen LogP contribution in [0.5, 0.6) is 0 Å². The van der Waals surface area contributed by atoms with E-state index in [-0.39, 0.29) is 11.0 Å². The Morgan fingerprint density at radius 1 is 1.33 bits per heavy atom. The Bertz CT molecular complexity index is 524. The second-order valence-corrected chi connectivity index (χ2v) is 7.16. The Morgan fingerprint density at radius 2 is 2.00 bits per heavy atom. The van der Waals surface area contributed by atoms with Gasteiger partial charge in [-0.2, -0.15) is 0 Å². The largest absolute Gasteiger partial charge is 0.399 e. The molecular weight excluding hydrogens is 274 g/mol. The van der Waals surface area contributed by atoms with Gasteiger partial charge < -0.3 is 10.5 Å². The lowest BCUT2D eigenvalue weighted by atomic mass is 10.2. The summed E-state index contributed by atoms with van der Waals surface area (Å²) in [6.45, 7) is 1.02. The average molecular weight is 290 g/mol. The van der Waals surface area contributed by atoms with E-state index < -0.39 is 9.84 Å². The molecular formula is C12H16ClNO3S. The lowest BCUT2D eigenvalue weighted by Gasteiger charge is -2.22. The van der Waals surface area contributed by atoms with Gasteiger partial charge in [-0.15, -0.1) is 0 Å². The molecule has 1 aromatic carbocycles. The van der Waals surface area contributed by atoms with E-state index in [0.29, 0.717) is 42.3 Å². The molecule has 1 aliphatic rings. The minimum absolute atomic E-state index is 0.0540. The van der Waals surface area contributed by atoms with Gasteiger partial charge in [-0.1, -0.05) is 11.6 Å². The monoisotopic (exact) mass is 289 g/mol. The van der Waals surface area contributed by atoms with Crippen molar-refractivity contribution in [2.24, 2.45) is 0 Å². The number of ether oxygens (including phenoxy) is 1. The maximum Gasteiger partial charge on any atom is 0.157 e. The zero-order chi connectivity index (χ0) is 13.2. The number of nitrogens with two attached hydrogens (primary N) is 1. The molecule has 0 bridgehead atoms. The smallest absolute Gasteiger partial charge is 0.157 e. The highest BCUT2D eigenvalue weighted by atomic mass is 35.5. The maximum absolute atomic E-state index is 12.3. The van der Waals surface area contributed by atoms with Crippen LogP contribution in [-0.2, 0) is 20.3 Å². The number of anilines is 1. The third kappa shape index (κ3) is 3.16. The number of rotatable bonds is 3. The zero-order valence-corrected chi connectivity index (χ0v) is 11.5. The Morgan fingerprint density at radius 3 is 2.67 bits per heavy atom. The summed E-state index contributed by atoms with van der Waals surface area (Å²) >= 11 is 6.00. The molecule has 100 valence electrons. The van der Waals surface area contributed by atoms with Gasteiger partial charge >= 0.3 is 0 Å². The molecule has 1 saturated heterocycles. The van der Waals surface area contributed by atoms with Gasteiger partial charge in [-0.05, 0) is 36.6 Å². The van der Waals surface area contributed by atoms with Gasteiger partial charge in [0.15, 0.2) is 9.84 Å². The van der Waals surface area contributed by atoms with Gasteiger partial charge in [0.05, 0.1) is 11.0 Å². The molecule has 0 aromatic heterocycles. The van der Waals surface area contributed by atoms with Gasteiger partial charge in [0.25, 0.3) is 0 Å². The first-order chi connectivity index (χ1) is 8.49. The molecule has 1 heterocycles. The predicted octanol–water partition coefficient (Wildman–Crippen LogP) is 2.02. The normalized spacial score (nSPS) is 17.8. The number of hydrogen-bond acceptors (Lipinski definition) is 4. The number of halogens is 1. The minimum Gasteiger partial charge on any atom is -0.399 e. The highest BCUT2D eigenvalue weighted by Gasteiger charge is 2.28. The summed E-state index contributed by atoms with van der Waals surface area (Å²) in [7, 11) is -3.20. The SMILES string of the molecule is Nc1ccc(Cl)c(CS(=O)(=O)C2CCOCC2)c1. The van der Waals surface area contributed by atoms with E-state index >= 15 is 0 Å².